The van der Waals surface area contributed by atoms with Crippen LogP contribution in [0.5, 0.6) is 0 Å². The summed E-state index contributed by atoms with van der Waals surface area (Å²) in [7, 11) is 0. The number of nitrogens with zero attached hydrogens (tertiary/aromatic N) is 4. The number of nitrogens with one attached hydrogen (secondary N) is 1. The van der Waals surface area contributed by atoms with E-state index in [-0.39, 0.29) is 23.1 Å². The molecule has 5 rings (SSSR count). The number of amides is 2. The quantitative estimate of drug-likeness (QED) is 0.466. The van der Waals surface area contributed by atoms with Crippen LogP contribution in [-0.2, 0) is 11.3 Å². The average molecular weight is 488 g/mol. The third kappa shape index (κ3) is 4.54. The van der Waals surface area contributed by atoms with Crippen LogP contribution in [0.2, 0.25) is 0 Å². The molecular weight excluding hydrogens is 462 g/mol. The van der Waals surface area contributed by atoms with Gasteiger partial charge in [-0.2, -0.15) is 0 Å². The van der Waals surface area contributed by atoms with Gasteiger partial charge in [-0.15, -0.1) is 11.3 Å². The number of carbonyl (C=O) groups excluding carboxylic acids is 2. The van der Waals surface area contributed by atoms with Crippen molar-refractivity contribution in [1.82, 2.24) is 14.5 Å². The second-order valence-corrected chi connectivity index (χ2v) is 9.36. The van der Waals surface area contributed by atoms with E-state index in [1.54, 1.807) is 10.8 Å². The molecule has 35 heavy (non-hydrogen) atoms. The summed E-state index contributed by atoms with van der Waals surface area (Å²) in [5, 5.41) is 5.47. The second-order valence-electron chi connectivity index (χ2n) is 8.41. The first kappa shape index (κ1) is 22.8. The van der Waals surface area contributed by atoms with Gasteiger partial charge in [-0.3, -0.25) is 19.0 Å². The molecule has 1 fully saturated rings. The van der Waals surface area contributed by atoms with Crippen molar-refractivity contribution in [2.45, 2.75) is 13.5 Å². The number of aromatic nitrogens is 2. The SMILES string of the molecule is CC(=O)Nc1c(N2CCN(C(=O)c3cccs3)CC2)c2cccnc2n(Cc2ccccc2)c1=O. The Morgan fingerprint density at radius 3 is 2.46 bits per heavy atom. The molecule has 1 saturated heterocycles. The van der Waals surface area contributed by atoms with Crippen LogP contribution in [0.1, 0.15) is 22.2 Å². The molecule has 0 bridgehead atoms. The zero-order chi connectivity index (χ0) is 24.4. The first-order valence-electron chi connectivity index (χ1n) is 11.4. The van der Waals surface area contributed by atoms with E-state index in [9.17, 15) is 14.4 Å². The van der Waals surface area contributed by atoms with E-state index in [2.05, 4.69) is 15.2 Å². The minimum absolute atomic E-state index is 0.0199. The van der Waals surface area contributed by atoms with Crippen LogP contribution in [0, 0.1) is 0 Å². The predicted molar refractivity (Wildman–Crippen MR) is 138 cm³/mol. The molecule has 2 amide bonds. The van der Waals surface area contributed by atoms with Gasteiger partial charge in [0.1, 0.15) is 11.3 Å². The van der Waals surface area contributed by atoms with Crippen LogP contribution < -0.4 is 15.8 Å². The molecule has 0 atom stereocenters. The summed E-state index contributed by atoms with van der Waals surface area (Å²) in [6.45, 7) is 3.85. The van der Waals surface area contributed by atoms with E-state index < -0.39 is 0 Å². The normalized spacial score (nSPS) is 13.7. The highest BCUT2D eigenvalue weighted by atomic mass is 32.1. The van der Waals surface area contributed by atoms with Crippen molar-refractivity contribution >= 4 is 45.6 Å². The van der Waals surface area contributed by atoms with Crippen molar-refractivity contribution in [2.24, 2.45) is 0 Å². The summed E-state index contributed by atoms with van der Waals surface area (Å²) in [5.74, 6) is -0.295. The maximum atomic E-state index is 13.7. The Kier molecular flexibility index (Phi) is 6.33. The molecule has 4 aromatic rings. The summed E-state index contributed by atoms with van der Waals surface area (Å²) in [6.07, 6.45) is 1.67. The van der Waals surface area contributed by atoms with Crippen molar-refractivity contribution in [1.29, 1.82) is 0 Å². The zero-order valence-electron chi connectivity index (χ0n) is 19.3. The molecule has 1 aliphatic rings. The number of fused-ring (bicyclic) bond motifs is 1. The van der Waals surface area contributed by atoms with Gasteiger partial charge < -0.3 is 15.1 Å². The number of hydrogen-bond acceptors (Lipinski definition) is 6. The van der Waals surface area contributed by atoms with Crippen LogP contribution in [-0.4, -0.2) is 52.4 Å². The average Bonchev–Trinajstić information content (AvgIpc) is 3.42. The Bertz CT molecular complexity index is 1420. The highest BCUT2D eigenvalue weighted by molar-refractivity contribution is 7.12. The number of pyridine rings is 2. The van der Waals surface area contributed by atoms with E-state index in [0.29, 0.717) is 44.1 Å². The fourth-order valence-electron chi connectivity index (χ4n) is 4.48. The number of piperazine rings is 1. The molecule has 3 aromatic heterocycles. The van der Waals surface area contributed by atoms with Crippen LogP contribution in [0.25, 0.3) is 11.0 Å². The van der Waals surface area contributed by atoms with Gasteiger partial charge in [0.15, 0.2) is 0 Å². The molecule has 1 aliphatic heterocycles. The van der Waals surface area contributed by atoms with Crippen LogP contribution >= 0.6 is 11.3 Å². The third-order valence-corrected chi connectivity index (χ3v) is 6.95. The van der Waals surface area contributed by atoms with E-state index in [4.69, 9.17) is 0 Å². The number of hydrogen-bond donors (Lipinski definition) is 1. The molecule has 4 heterocycles. The Morgan fingerprint density at radius 2 is 1.77 bits per heavy atom. The Hall–Kier alpha value is -3.98. The molecule has 9 heteroatoms. The first-order chi connectivity index (χ1) is 17.0. The number of benzene rings is 1. The van der Waals surface area contributed by atoms with E-state index in [1.807, 2.05) is 64.9 Å². The highest BCUT2D eigenvalue weighted by Gasteiger charge is 2.28. The van der Waals surface area contributed by atoms with E-state index >= 15 is 0 Å². The van der Waals surface area contributed by atoms with Crippen molar-refractivity contribution in [2.75, 3.05) is 36.4 Å². The molecule has 8 nitrogen and oxygen atoms in total. The topological polar surface area (TPSA) is 87.5 Å². The predicted octanol–water partition coefficient (Wildman–Crippen LogP) is 3.43. The summed E-state index contributed by atoms with van der Waals surface area (Å²) in [6, 6.07) is 17.2. The third-order valence-electron chi connectivity index (χ3n) is 6.09. The molecule has 0 aliphatic carbocycles. The minimum atomic E-state index is -0.315. The van der Waals surface area contributed by atoms with Gasteiger partial charge >= 0.3 is 0 Å². The smallest absolute Gasteiger partial charge is 0.278 e. The Morgan fingerprint density at radius 1 is 1.00 bits per heavy atom. The maximum Gasteiger partial charge on any atom is 0.278 e. The molecule has 1 N–H and O–H groups in total. The molecule has 0 unspecified atom stereocenters. The van der Waals surface area contributed by atoms with Gasteiger partial charge in [0.05, 0.1) is 17.1 Å². The molecular formula is C26H25N5O3S. The van der Waals surface area contributed by atoms with Gasteiger partial charge in [0, 0.05) is 44.7 Å². The van der Waals surface area contributed by atoms with Crippen LogP contribution in [0.3, 0.4) is 0 Å². The van der Waals surface area contributed by atoms with Crippen molar-refractivity contribution in [3.63, 3.8) is 0 Å². The fraction of sp³-hybridized carbons (Fsp3) is 0.231. The van der Waals surface area contributed by atoms with Gasteiger partial charge in [-0.05, 0) is 29.1 Å². The lowest BCUT2D eigenvalue weighted by molar-refractivity contribution is -0.114. The summed E-state index contributed by atoms with van der Waals surface area (Å²) < 4.78 is 1.61. The lowest BCUT2D eigenvalue weighted by Crippen LogP contribution is -2.49. The number of carbonyl (C=O) groups is 2. The van der Waals surface area contributed by atoms with Gasteiger partial charge in [0.2, 0.25) is 5.91 Å². The van der Waals surface area contributed by atoms with Gasteiger partial charge in [-0.25, -0.2) is 4.98 Å². The standard InChI is InChI=1S/C26H25N5O3S/c1-18(32)28-22-23(29-12-14-30(15-13-29)25(33)21-10-6-16-35-21)20-9-5-11-27-24(20)31(26(22)34)17-19-7-3-2-4-8-19/h2-11,16H,12-15,17H2,1H3,(H,28,32). The molecule has 178 valence electrons. The lowest BCUT2D eigenvalue weighted by Gasteiger charge is -2.37. The Labute approximate surface area is 206 Å². The maximum absolute atomic E-state index is 13.7. The molecule has 0 spiro atoms. The van der Waals surface area contributed by atoms with Crippen LogP contribution in [0.4, 0.5) is 11.4 Å². The van der Waals surface area contributed by atoms with Gasteiger partial charge in [-0.1, -0.05) is 36.4 Å². The minimum Gasteiger partial charge on any atom is -0.366 e. The largest absolute Gasteiger partial charge is 0.366 e. The van der Waals surface area contributed by atoms with Crippen molar-refractivity contribution < 1.29 is 9.59 Å². The number of thiophene rings is 1. The van der Waals surface area contributed by atoms with Crippen LogP contribution in [0.15, 0.2) is 71.0 Å². The van der Waals surface area contributed by atoms with E-state index in [1.165, 1.54) is 18.3 Å². The monoisotopic (exact) mass is 487 g/mol. The first-order valence-corrected chi connectivity index (χ1v) is 12.3. The molecule has 0 saturated carbocycles. The Balaban J connectivity index is 1.55. The van der Waals surface area contributed by atoms with Gasteiger partial charge in [0.25, 0.3) is 11.5 Å². The van der Waals surface area contributed by atoms with E-state index in [0.717, 1.165) is 15.8 Å². The highest BCUT2D eigenvalue weighted by Crippen LogP contribution is 2.33. The summed E-state index contributed by atoms with van der Waals surface area (Å²) in [5.41, 5.74) is 2.11. The second kappa shape index (κ2) is 9.71. The number of anilines is 2. The molecule has 0 radical (unpaired) electrons. The summed E-state index contributed by atoms with van der Waals surface area (Å²) in [4.78, 5) is 47.8. The lowest BCUT2D eigenvalue weighted by atomic mass is 10.1. The fourth-order valence-corrected chi connectivity index (χ4v) is 5.17. The number of rotatable bonds is 5. The zero-order valence-corrected chi connectivity index (χ0v) is 20.1. The van der Waals surface area contributed by atoms with Crippen molar-refractivity contribution in [3.8, 4) is 0 Å². The summed E-state index contributed by atoms with van der Waals surface area (Å²) >= 11 is 1.43. The molecule has 1 aromatic carbocycles. The van der Waals surface area contributed by atoms with Crippen molar-refractivity contribution in [3.05, 3.63) is 87.0 Å².